The summed E-state index contributed by atoms with van der Waals surface area (Å²) >= 11 is 0. The molecular formula is C25H28N2O6. The first kappa shape index (κ1) is 24.1. The summed E-state index contributed by atoms with van der Waals surface area (Å²) in [6, 6.07) is 10.6. The van der Waals surface area contributed by atoms with Gasteiger partial charge in [0.05, 0.1) is 43.7 Å². The second-order valence-corrected chi connectivity index (χ2v) is 7.91. The van der Waals surface area contributed by atoms with E-state index in [1.54, 1.807) is 37.3 Å². The summed E-state index contributed by atoms with van der Waals surface area (Å²) in [6.07, 6.45) is 4.64. The monoisotopic (exact) mass is 452 g/mol. The van der Waals surface area contributed by atoms with Crippen LogP contribution in [0.3, 0.4) is 0 Å². The number of esters is 3. The first-order chi connectivity index (χ1) is 16.0. The van der Waals surface area contributed by atoms with Gasteiger partial charge in [-0.2, -0.15) is 5.26 Å². The van der Waals surface area contributed by atoms with Gasteiger partial charge in [-0.15, -0.1) is 0 Å². The Morgan fingerprint density at radius 1 is 1.03 bits per heavy atom. The molecular weight excluding hydrogens is 424 g/mol. The van der Waals surface area contributed by atoms with Gasteiger partial charge in [0.25, 0.3) is 0 Å². The average Bonchev–Trinajstić information content (AvgIpc) is 3.15. The van der Waals surface area contributed by atoms with Crippen molar-refractivity contribution in [2.24, 2.45) is 5.41 Å². The molecule has 1 saturated carbocycles. The Balaban J connectivity index is 2.39. The average molecular weight is 453 g/mol. The molecule has 1 aromatic rings. The number of ether oxygens (including phenoxy) is 3. The van der Waals surface area contributed by atoms with Crippen LogP contribution in [0.2, 0.25) is 0 Å². The van der Waals surface area contributed by atoms with E-state index in [9.17, 15) is 19.6 Å². The summed E-state index contributed by atoms with van der Waals surface area (Å²) in [7, 11) is 2.36. The minimum absolute atomic E-state index is 0.0152. The predicted octanol–water partition coefficient (Wildman–Crippen LogP) is 3.05. The molecule has 1 N–H and O–H groups in total. The van der Waals surface area contributed by atoms with Gasteiger partial charge in [0.2, 0.25) is 5.41 Å². The van der Waals surface area contributed by atoms with Crippen LogP contribution in [0, 0.1) is 16.7 Å². The third-order valence-corrected chi connectivity index (χ3v) is 6.04. The van der Waals surface area contributed by atoms with Gasteiger partial charge in [0, 0.05) is 11.6 Å². The van der Waals surface area contributed by atoms with Crippen molar-refractivity contribution in [3.8, 4) is 6.07 Å². The van der Waals surface area contributed by atoms with Crippen molar-refractivity contribution >= 4 is 23.5 Å². The molecule has 0 spiro atoms. The highest BCUT2D eigenvalue weighted by molar-refractivity contribution is 6.21. The van der Waals surface area contributed by atoms with Gasteiger partial charge >= 0.3 is 17.9 Å². The van der Waals surface area contributed by atoms with E-state index in [0.29, 0.717) is 5.56 Å². The standard InChI is InChI=1S/C25H28N2O6/c1-4-33-24(30)25(15-26)20(16-11-7-5-8-12-16)18(22(28)31-2)19(23(29)32-3)21(25)27-17-13-9-6-10-14-17/h5,7-8,11-12,17,27H,4,6,9-10,13-14H2,1-3H3. The Kier molecular flexibility index (Phi) is 7.54. The molecule has 3 rings (SSSR count). The second-order valence-electron chi connectivity index (χ2n) is 7.91. The quantitative estimate of drug-likeness (QED) is 0.496. The number of hydrogen-bond donors (Lipinski definition) is 1. The highest BCUT2D eigenvalue weighted by atomic mass is 16.5. The number of nitrogens with zero attached hydrogens (tertiary/aromatic N) is 1. The van der Waals surface area contributed by atoms with Crippen LogP contribution in [-0.4, -0.2) is 44.8 Å². The highest BCUT2D eigenvalue weighted by Gasteiger charge is 2.58. The summed E-state index contributed by atoms with van der Waals surface area (Å²) in [6.45, 7) is 1.65. The van der Waals surface area contributed by atoms with Crippen LogP contribution in [0.15, 0.2) is 47.2 Å². The Hall–Kier alpha value is -3.60. The van der Waals surface area contributed by atoms with E-state index in [1.807, 2.05) is 0 Å². The zero-order valence-electron chi connectivity index (χ0n) is 19.1. The maximum Gasteiger partial charge on any atom is 0.340 e. The van der Waals surface area contributed by atoms with Crippen molar-refractivity contribution in [2.75, 3.05) is 20.8 Å². The zero-order valence-corrected chi connectivity index (χ0v) is 19.1. The molecule has 2 aliphatic carbocycles. The van der Waals surface area contributed by atoms with Crippen molar-refractivity contribution in [2.45, 2.75) is 45.1 Å². The van der Waals surface area contributed by atoms with Crippen molar-refractivity contribution in [3.63, 3.8) is 0 Å². The molecule has 1 aromatic carbocycles. The van der Waals surface area contributed by atoms with Crippen LogP contribution in [0.1, 0.15) is 44.6 Å². The minimum Gasteiger partial charge on any atom is -0.465 e. The Morgan fingerprint density at radius 3 is 2.18 bits per heavy atom. The number of nitriles is 1. The van der Waals surface area contributed by atoms with Crippen LogP contribution in [0.25, 0.3) is 5.57 Å². The number of rotatable bonds is 7. The molecule has 0 bridgehead atoms. The lowest BCUT2D eigenvalue weighted by molar-refractivity contribution is -0.147. The Bertz CT molecular complexity index is 1030. The van der Waals surface area contributed by atoms with Gasteiger partial charge in [-0.25, -0.2) is 14.4 Å². The predicted molar refractivity (Wildman–Crippen MR) is 119 cm³/mol. The summed E-state index contributed by atoms with van der Waals surface area (Å²) in [5.74, 6) is -2.56. The van der Waals surface area contributed by atoms with Crippen LogP contribution in [0.4, 0.5) is 0 Å². The molecule has 2 aliphatic rings. The fourth-order valence-electron chi connectivity index (χ4n) is 4.56. The Labute approximate surface area is 193 Å². The molecule has 0 radical (unpaired) electrons. The van der Waals surface area contributed by atoms with Crippen LogP contribution in [0.5, 0.6) is 0 Å². The molecule has 0 aromatic heterocycles. The van der Waals surface area contributed by atoms with Gasteiger partial charge in [-0.3, -0.25) is 0 Å². The molecule has 8 nitrogen and oxygen atoms in total. The Morgan fingerprint density at radius 2 is 1.64 bits per heavy atom. The number of carbonyl (C=O) groups is 3. The van der Waals surface area contributed by atoms with Crippen molar-refractivity contribution < 1.29 is 28.6 Å². The molecule has 174 valence electrons. The van der Waals surface area contributed by atoms with E-state index < -0.39 is 23.3 Å². The van der Waals surface area contributed by atoms with Gasteiger partial charge in [0.1, 0.15) is 0 Å². The van der Waals surface area contributed by atoms with Crippen molar-refractivity contribution in [1.29, 1.82) is 5.26 Å². The van der Waals surface area contributed by atoms with Gasteiger partial charge in [-0.05, 0) is 25.3 Å². The first-order valence-corrected chi connectivity index (χ1v) is 11.0. The third-order valence-electron chi connectivity index (χ3n) is 6.04. The molecule has 1 fully saturated rings. The number of nitrogens with one attached hydrogen (secondary N) is 1. The molecule has 0 saturated heterocycles. The van der Waals surface area contributed by atoms with E-state index in [-0.39, 0.29) is 35.1 Å². The molecule has 1 atom stereocenters. The van der Waals surface area contributed by atoms with Gasteiger partial charge < -0.3 is 19.5 Å². The smallest absolute Gasteiger partial charge is 0.340 e. The first-order valence-electron chi connectivity index (χ1n) is 11.0. The molecule has 33 heavy (non-hydrogen) atoms. The highest BCUT2D eigenvalue weighted by Crippen LogP contribution is 2.52. The van der Waals surface area contributed by atoms with Gasteiger partial charge in [-0.1, -0.05) is 49.6 Å². The summed E-state index contributed by atoms with van der Waals surface area (Å²) < 4.78 is 15.3. The van der Waals surface area contributed by atoms with E-state index in [0.717, 1.165) is 32.1 Å². The van der Waals surface area contributed by atoms with E-state index in [2.05, 4.69) is 11.4 Å². The zero-order chi connectivity index (χ0) is 24.0. The van der Waals surface area contributed by atoms with E-state index in [1.165, 1.54) is 14.2 Å². The molecule has 0 amide bonds. The van der Waals surface area contributed by atoms with E-state index in [4.69, 9.17) is 14.2 Å². The molecule has 0 heterocycles. The summed E-state index contributed by atoms with van der Waals surface area (Å²) in [5, 5.41) is 13.8. The van der Waals surface area contributed by atoms with Crippen LogP contribution < -0.4 is 5.32 Å². The number of benzene rings is 1. The lowest BCUT2D eigenvalue weighted by Gasteiger charge is -2.32. The summed E-state index contributed by atoms with van der Waals surface area (Å²) in [4.78, 5) is 39.6. The van der Waals surface area contributed by atoms with E-state index >= 15 is 0 Å². The van der Waals surface area contributed by atoms with Crippen molar-refractivity contribution in [3.05, 3.63) is 52.7 Å². The maximum absolute atomic E-state index is 13.5. The molecule has 0 aliphatic heterocycles. The largest absolute Gasteiger partial charge is 0.465 e. The topological polar surface area (TPSA) is 115 Å². The minimum atomic E-state index is -2.07. The van der Waals surface area contributed by atoms with Gasteiger partial charge in [0.15, 0.2) is 0 Å². The fourth-order valence-corrected chi connectivity index (χ4v) is 4.56. The number of hydrogen-bond acceptors (Lipinski definition) is 8. The SMILES string of the molecule is CCOC(=O)C1(C#N)C(NC2CCCCC2)=C(C(=O)OC)C(C(=O)OC)=C1c1ccccc1. The number of methoxy groups -OCH3 is 2. The van der Waals surface area contributed by atoms with Crippen LogP contribution in [-0.2, 0) is 28.6 Å². The number of carbonyl (C=O) groups excluding carboxylic acids is 3. The lowest BCUT2D eigenvalue weighted by Crippen LogP contribution is -2.43. The lowest BCUT2D eigenvalue weighted by atomic mass is 9.76. The maximum atomic E-state index is 13.5. The summed E-state index contributed by atoms with van der Waals surface area (Å²) in [5.41, 5.74) is -1.93. The molecule has 8 heteroatoms. The van der Waals surface area contributed by atoms with Crippen LogP contribution >= 0.6 is 0 Å². The third kappa shape index (κ3) is 4.23. The molecule has 1 unspecified atom stereocenters. The fraction of sp³-hybridized carbons (Fsp3) is 0.440. The normalized spacial score (nSPS) is 20.8. The second kappa shape index (κ2) is 10.3. The van der Waals surface area contributed by atoms with Crippen molar-refractivity contribution in [1.82, 2.24) is 5.32 Å².